The highest BCUT2D eigenvalue weighted by Crippen LogP contribution is 2.27. The lowest BCUT2D eigenvalue weighted by atomic mass is 10.1. The molecule has 8 heteroatoms. The van der Waals surface area contributed by atoms with Crippen LogP contribution in [0.15, 0.2) is 82.1 Å². The standard InChI is InChI=1S/C23H15FN4O3/c1-30-17-11-9-16(10-12-17)28-23(29)19-8-3-2-7-18(19)20(26-28)22-25-21(27-31-22)14-5-4-6-15(24)13-14/h2-13H,1H3. The molecular formula is C23H15FN4O3. The minimum atomic E-state index is -0.402. The number of halogens is 1. The van der Waals surface area contributed by atoms with E-state index < -0.39 is 5.82 Å². The van der Waals surface area contributed by atoms with Gasteiger partial charge in [-0.25, -0.2) is 4.39 Å². The highest BCUT2D eigenvalue weighted by molar-refractivity contribution is 5.92. The third-order valence-corrected chi connectivity index (χ3v) is 4.83. The summed E-state index contributed by atoms with van der Waals surface area (Å²) in [4.78, 5) is 17.5. The van der Waals surface area contributed by atoms with Crippen molar-refractivity contribution < 1.29 is 13.7 Å². The van der Waals surface area contributed by atoms with Crippen molar-refractivity contribution in [1.29, 1.82) is 0 Å². The molecule has 0 atom stereocenters. The molecule has 0 saturated heterocycles. The molecule has 0 N–H and O–H groups in total. The Bertz CT molecular complexity index is 1460. The van der Waals surface area contributed by atoms with Gasteiger partial charge in [0.2, 0.25) is 5.82 Å². The molecule has 2 heterocycles. The Morgan fingerprint density at radius 2 is 1.74 bits per heavy atom. The van der Waals surface area contributed by atoms with Gasteiger partial charge in [-0.2, -0.15) is 14.8 Å². The van der Waals surface area contributed by atoms with Crippen LogP contribution in [0.2, 0.25) is 0 Å². The summed E-state index contributed by atoms with van der Waals surface area (Å²) in [7, 11) is 1.57. The van der Waals surface area contributed by atoms with Gasteiger partial charge in [0.1, 0.15) is 11.6 Å². The van der Waals surface area contributed by atoms with Gasteiger partial charge < -0.3 is 9.26 Å². The summed E-state index contributed by atoms with van der Waals surface area (Å²) in [5.41, 5.74) is 1.10. The summed E-state index contributed by atoms with van der Waals surface area (Å²) in [6, 6.07) is 19.9. The number of rotatable bonds is 4. The van der Waals surface area contributed by atoms with Crippen LogP contribution in [-0.4, -0.2) is 27.0 Å². The average molecular weight is 414 g/mol. The maximum absolute atomic E-state index is 13.6. The first-order chi connectivity index (χ1) is 15.1. The Labute approximate surface area is 175 Å². The number of fused-ring (bicyclic) bond motifs is 1. The van der Waals surface area contributed by atoms with Crippen LogP contribution >= 0.6 is 0 Å². The third kappa shape index (κ3) is 3.33. The van der Waals surface area contributed by atoms with Crippen LogP contribution in [0.3, 0.4) is 0 Å². The smallest absolute Gasteiger partial charge is 0.279 e. The van der Waals surface area contributed by atoms with Gasteiger partial charge in [0.15, 0.2) is 5.69 Å². The van der Waals surface area contributed by atoms with Crippen molar-refractivity contribution in [2.24, 2.45) is 0 Å². The molecule has 0 fully saturated rings. The van der Waals surface area contributed by atoms with Gasteiger partial charge in [-0.1, -0.05) is 35.5 Å². The van der Waals surface area contributed by atoms with E-state index in [1.807, 2.05) is 0 Å². The van der Waals surface area contributed by atoms with E-state index in [1.54, 1.807) is 67.8 Å². The molecule has 0 radical (unpaired) electrons. The van der Waals surface area contributed by atoms with E-state index in [9.17, 15) is 9.18 Å². The Morgan fingerprint density at radius 1 is 0.968 bits per heavy atom. The van der Waals surface area contributed by atoms with Crippen molar-refractivity contribution in [2.45, 2.75) is 0 Å². The van der Waals surface area contributed by atoms with Gasteiger partial charge in [-0.3, -0.25) is 4.79 Å². The first kappa shape index (κ1) is 18.7. The Kier molecular flexibility index (Phi) is 4.51. The van der Waals surface area contributed by atoms with E-state index in [-0.39, 0.29) is 17.3 Å². The maximum Gasteiger partial charge on any atom is 0.279 e. The molecule has 31 heavy (non-hydrogen) atoms. The van der Waals surface area contributed by atoms with Crippen LogP contribution in [0.25, 0.3) is 39.4 Å². The average Bonchev–Trinajstić information content (AvgIpc) is 3.30. The molecule has 3 aromatic carbocycles. The van der Waals surface area contributed by atoms with Gasteiger partial charge in [0.05, 0.1) is 18.2 Å². The lowest BCUT2D eigenvalue weighted by Crippen LogP contribution is -2.22. The fourth-order valence-electron chi connectivity index (χ4n) is 3.31. The lowest BCUT2D eigenvalue weighted by Gasteiger charge is -2.09. The second-order valence-electron chi connectivity index (χ2n) is 6.74. The quantitative estimate of drug-likeness (QED) is 0.437. The third-order valence-electron chi connectivity index (χ3n) is 4.83. The maximum atomic E-state index is 13.6. The summed E-state index contributed by atoms with van der Waals surface area (Å²) in [5, 5.41) is 9.50. The van der Waals surface area contributed by atoms with Crippen LogP contribution in [0.1, 0.15) is 0 Å². The van der Waals surface area contributed by atoms with Gasteiger partial charge in [0, 0.05) is 10.9 Å². The normalized spacial score (nSPS) is 11.0. The second-order valence-corrected chi connectivity index (χ2v) is 6.74. The van der Waals surface area contributed by atoms with Crippen LogP contribution < -0.4 is 10.3 Å². The molecule has 0 amide bonds. The molecule has 5 rings (SSSR count). The van der Waals surface area contributed by atoms with E-state index in [0.717, 1.165) is 0 Å². The van der Waals surface area contributed by atoms with Gasteiger partial charge in [0.25, 0.3) is 11.4 Å². The Balaban J connectivity index is 1.70. The number of aromatic nitrogens is 4. The zero-order valence-corrected chi connectivity index (χ0v) is 16.3. The van der Waals surface area contributed by atoms with Crippen LogP contribution in [-0.2, 0) is 0 Å². The highest BCUT2D eigenvalue weighted by Gasteiger charge is 2.19. The molecule has 5 aromatic rings. The van der Waals surface area contributed by atoms with E-state index in [4.69, 9.17) is 9.26 Å². The molecule has 0 aliphatic heterocycles. The molecule has 0 saturated carbocycles. The van der Waals surface area contributed by atoms with E-state index in [0.29, 0.717) is 33.5 Å². The summed E-state index contributed by atoms with van der Waals surface area (Å²) in [6.45, 7) is 0. The van der Waals surface area contributed by atoms with Crippen molar-refractivity contribution in [1.82, 2.24) is 19.9 Å². The highest BCUT2D eigenvalue weighted by atomic mass is 19.1. The Morgan fingerprint density at radius 3 is 2.48 bits per heavy atom. The fourth-order valence-corrected chi connectivity index (χ4v) is 3.31. The largest absolute Gasteiger partial charge is 0.497 e. The van der Waals surface area contributed by atoms with Crippen molar-refractivity contribution in [3.63, 3.8) is 0 Å². The monoisotopic (exact) mass is 414 g/mol. The Hall–Kier alpha value is -4.33. The van der Waals surface area contributed by atoms with Crippen molar-refractivity contribution in [3.05, 3.63) is 89.0 Å². The van der Waals surface area contributed by atoms with Crippen molar-refractivity contribution in [3.8, 4) is 34.4 Å². The molecule has 152 valence electrons. The first-order valence-corrected chi connectivity index (χ1v) is 9.40. The number of benzene rings is 3. The van der Waals surface area contributed by atoms with E-state index in [2.05, 4.69) is 15.2 Å². The summed E-state index contributed by atoms with van der Waals surface area (Å²) in [6.07, 6.45) is 0. The number of nitrogens with zero attached hydrogens (tertiary/aromatic N) is 4. The topological polar surface area (TPSA) is 83.0 Å². The van der Waals surface area contributed by atoms with E-state index >= 15 is 0 Å². The van der Waals surface area contributed by atoms with Crippen LogP contribution in [0.4, 0.5) is 4.39 Å². The first-order valence-electron chi connectivity index (χ1n) is 9.40. The van der Waals surface area contributed by atoms with Gasteiger partial charge in [-0.05, 0) is 42.5 Å². The fraction of sp³-hybridized carbons (Fsp3) is 0.0435. The number of methoxy groups -OCH3 is 1. The zero-order valence-electron chi connectivity index (χ0n) is 16.3. The van der Waals surface area contributed by atoms with Gasteiger partial charge in [-0.15, -0.1) is 0 Å². The predicted octanol–water partition coefficient (Wildman–Crippen LogP) is 4.25. The number of hydrogen-bond acceptors (Lipinski definition) is 6. The van der Waals surface area contributed by atoms with Gasteiger partial charge >= 0.3 is 0 Å². The van der Waals surface area contributed by atoms with Crippen molar-refractivity contribution in [2.75, 3.05) is 7.11 Å². The molecule has 0 aliphatic carbocycles. The summed E-state index contributed by atoms with van der Waals surface area (Å²) < 4.78 is 25.5. The van der Waals surface area contributed by atoms with Crippen LogP contribution in [0.5, 0.6) is 5.75 Å². The number of ether oxygens (including phenoxy) is 1. The van der Waals surface area contributed by atoms with Crippen LogP contribution in [0, 0.1) is 5.82 Å². The minimum Gasteiger partial charge on any atom is -0.497 e. The van der Waals surface area contributed by atoms with E-state index in [1.165, 1.54) is 16.8 Å². The molecule has 2 aromatic heterocycles. The van der Waals surface area contributed by atoms with Crippen molar-refractivity contribution >= 4 is 10.8 Å². The molecule has 0 spiro atoms. The molecular weight excluding hydrogens is 399 g/mol. The summed E-state index contributed by atoms with van der Waals surface area (Å²) in [5.74, 6) is 0.607. The minimum absolute atomic E-state index is 0.123. The zero-order chi connectivity index (χ0) is 21.4. The molecule has 0 unspecified atom stereocenters. The lowest BCUT2D eigenvalue weighted by molar-refractivity contribution is 0.414. The predicted molar refractivity (Wildman–Crippen MR) is 113 cm³/mol. The summed E-state index contributed by atoms with van der Waals surface area (Å²) >= 11 is 0. The molecule has 0 bridgehead atoms. The molecule has 7 nitrogen and oxygen atoms in total. The number of hydrogen-bond donors (Lipinski definition) is 0. The molecule has 0 aliphatic rings. The SMILES string of the molecule is COc1ccc(-n2nc(-c3nc(-c4cccc(F)c4)no3)c3ccccc3c2=O)cc1. The second kappa shape index (κ2) is 7.49.